The fourth-order valence-corrected chi connectivity index (χ4v) is 3.53. The van der Waals surface area contributed by atoms with Crippen LogP contribution in [0, 0.1) is 0 Å². The lowest BCUT2D eigenvalue weighted by Gasteiger charge is -2.49. The van der Waals surface area contributed by atoms with Crippen LogP contribution in [0.4, 0.5) is 0 Å². The van der Waals surface area contributed by atoms with Gasteiger partial charge in [-0.1, -0.05) is 6.42 Å². The van der Waals surface area contributed by atoms with Gasteiger partial charge in [0.1, 0.15) is 0 Å². The summed E-state index contributed by atoms with van der Waals surface area (Å²) in [5.74, 6) is 0.254. The second kappa shape index (κ2) is 6.02. The van der Waals surface area contributed by atoms with Crippen molar-refractivity contribution >= 4 is 5.91 Å². The van der Waals surface area contributed by atoms with E-state index in [1.807, 2.05) is 14.1 Å². The lowest BCUT2D eigenvalue weighted by atomic mass is 9.81. The molecule has 0 aromatic heterocycles. The van der Waals surface area contributed by atoms with Crippen molar-refractivity contribution in [1.82, 2.24) is 15.1 Å². The monoisotopic (exact) mass is 253 g/mol. The van der Waals surface area contributed by atoms with E-state index in [1.165, 1.54) is 32.1 Å². The van der Waals surface area contributed by atoms with Crippen LogP contribution in [0.2, 0.25) is 0 Å². The van der Waals surface area contributed by atoms with Gasteiger partial charge in [-0.05, 0) is 32.7 Å². The Labute approximate surface area is 111 Å². The summed E-state index contributed by atoms with van der Waals surface area (Å²) >= 11 is 0. The molecule has 0 aromatic rings. The van der Waals surface area contributed by atoms with Gasteiger partial charge in [0.2, 0.25) is 5.91 Å². The van der Waals surface area contributed by atoms with Crippen LogP contribution < -0.4 is 5.32 Å². The number of piperidine rings is 2. The number of carbonyl (C=O) groups excluding carboxylic acids is 1. The van der Waals surface area contributed by atoms with Gasteiger partial charge in [-0.3, -0.25) is 9.69 Å². The molecule has 0 radical (unpaired) electrons. The quantitative estimate of drug-likeness (QED) is 0.814. The highest BCUT2D eigenvalue weighted by atomic mass is 16.2. The number of nitrogens with one attached hydrogen (secondary N) is 1. The number of carbonyl (C=O) groups is 1. The zero-order valence-electron chi connectivity index (χ0n) is 12.0. The van der Waals surface area contributed by atoms with E-state index >= 15 is 0 Å². The molecule has 1 amide bonds. The zero-order chi connectivity index (χ0) is 13.1. The molecule has 2 aliphatic rings. The molecule has 2 fully saturated rings. The van der Waals surface area contributed by atoms with E-state index < -0.39 is 0 Å². The second-order valence-corrected chi connectivity index (χ2v) is 5.97. The summed E-state index contributed by atoms with van der Waals surface area (Å²) in [5, 5.41) is 3.43. The van der Waals surface area contributed by atoms with Gasteiger partial charge in [0, 0.05) is 45.2 Å². The van der Waals surface area contributed by atoms with Crippen LogP contribution in [0.15, 0.2) is 0 Å². The van der Waals surface area contributed by atoms with Gasteiger partial charge in [0.25, 0.3) is 0 Å². The topological polar surface area (TPSA) is 35.6 Å². The molecule has 4 nitrogen and oxygen atoms in total. The Kier molecular flexibility index (Phi) is 4.62. The van der Waals surface area contributed by atoms with Crippen molar-refractivity contribution in [3.8, 4) is 0 Å². The Hall–Kier alpha value is -0.610. The van der Waals surface area contributed by atoms with Crippen molar-refractivity contribution in [2.75, 3.05) is 27.7 Å². The number of amides is 1. The zero-order valence-corrected chi connectivity index (χ0v) is 12.0. The predicted molar refractivity (Wildman–Crippen MR) is 73.5 cm³/mol. The summed E-state index contributed by atoms with van der Waals surface area (Å²) in [6.07, 6.45) is 7.16. The molecule has 2 bridgehead atoms. The van der Waals surface area contributed by atoms with Crippen LogP contribution in [-0.2, 0) is 4.79 Å². The molecule has 0 spiro atoms. The minimum Gasteiger partial charge on any atom is -0.349 e. The minimum atomic E-state index is 0.254. The molecule has 2 unspecified atom stereocenters. The Bertz CT molecular complexity index is 279. The lowest BCUT2D eigenvalue weighted by molar-refractivity contribution is -0.129. The van der Waals surface area contributed by atoms with E-state index in [9.17, 15) is 4.79 Å². The standard InChI is InChI=1S/C14H27N3O/c1-15-11-9-12-5-4-6-13(10-11)17(12)8-7-14(18)16(2)3/h11-13,15H,4-10H2,1-3H3. The second-order valence-electron chi connectivity index (χ2n) is 5.97. The van der Waals surface area contributed by atoms with Crippen molar-refractivity contribution in [2.24, 2.45) is 0 Å². The molecular formula is C14H27N3O. The average molecular weight is 253 g/mol. The van der Waals surface area contributed by atoms with Gasteiger partial charge in [-0.15, -0.1) is 0 Å². The molecule has 2 aliphatic heterocycles. The molecule has 2 rings (SSSR count). The predicted octanol–water partition coefficient (Wildman–Crippen LogP) is 1.07. The number of fused-ring (bicyclic) bond motifs is 2. The van der Waals surface area contributed by atoms with Gasteiger partial charge >= 0.3 is 0 Å². The average Bonchev–Trinajstić information content (AvgIpc) is 2.34. The van der Waals surface area contributed by atoms with Crippen molar-refractivity contribution < 1.29 is 4.79 Å². The Morgan fingerprint density at radius 1 is 1.28 bits per heavy atom. The molecule has 1 N–H and O–H groups in total. The van der Waals surface area contributed by atoms with Crippen molar-refractivity contribution in [1.29, 1.82) is 0 Å². The SMILES string of the molecule is CNC1CC2CCCC(C1)N2CCC(=O)N(C)C. The summed E-state index contributed by atoms with van der Waals surface area (Å²) in [6, 6.07) is 2.08. The van der Waals surface area contributed by atoms with Crippen LogP contribution in [0.3, 0.4) is 0 Å². The molecule has 2 saturated heterocycles. The van der Waals surface area contributed by atoms with E-state index in [2.05, 4.69) is 17.3 Å². The summed E-state index contributed by atoms with van der Waals surface area (Å²) in [4.78, 5) is 16.0. The first-order chi connectivity index (χ1) is 8.61. The highest BCUT2D eigenvalue weighted by molar-refractivity contribution is 5.75. The van der Waals surface area contributed by atoms with Crippen LogP contribution in [-0.4, -0.2) is 61.5 Å². The molecule has 18 heavy (non-hydrogen) atoms. The molecule has 2 heterocycles. The third-order valence-corrected chi connectivity index (χ3v) is 4.62. The number of nitrogens with zero attached hydrogens (tertiary/aromatic N) is 2. The molecule has 2 atom stereocenters. The maximum atomic E-state index is 11.7. The van der Waals surface area contributed by atoms with Crippen LogP contribution in [0.25, 0.3) is 0 Å². The third kappa shape index (κ3) is 3.04. The number of hydrogen-bond donors (Lipinski definition) is 1. The molecule has 0 saturated carbocycles. The Morgan fingerprint density at radius 3 is 2.39 bits per heavy atom. The maximum absolute atomic E-state index is 11.7. The van der Waals surface area contributed by atoms with Gasteiger partial charge in [-0.25, -0.2) is 0 Å². The van der Waals surface area contributed by atoms with Gasteiger partial charge in [-0.2, -0.15) is 0 Å². The first kappa shape index (κ1) is 13.8. The summed E-state index contributed by atoms with van der Waals surface area (Å²) in [7, 11) is 5.76. The third-order valence-electron chi connectivity index (χ3n) is 4.62. The molecule has 0 aliphatic carbocycles. The smallest absolute Gasteiger partial charge is 0.223 e. The molecule has 0 aromatic carbocycles. The highest BCUT2D eigenvalue weighted by Gasteiger charge is 2.37. The van der Waals surface area contributed by atoms with Crippen molar-refractivity contribution in [3.05, 3.63) is 0 Å². The highest BCUT2D eigenvalue weighted by Crippen LogP contribution is 2.33. The fraction of sp³-hybridized carbons (Fsp3) is 0.929. The van der Waals surface area contributed by atoms with Crippen LogP contribution in [0.1, 0.15) is 38.5 Å². The minimum absolute atomic E-state index is 0.254. The van der Waals surface area contributed by atoms with E-state index in [1.54, 1.807) is 4.90 Å². The number of rotatable bonds is 4. The first-order valence-corrected chi connectivity index (χ1v) is 7.25. The summed E-state index contributed by atoms with van der Waals surface area (Å²) in [5.41, 5.74) is 0. The van der Waals surface area contributed by atoms with Crippen LogP contribution >= 0.6 is 0 Å². The van der Waals surface area contributed by atoms with E-state index in [-0.39, 0.29) is 5.91 Å². The van der Waals surface area contributed by atoms with Crippen LogP contribution in [0.5, 0.6) is 0 Å². The summed E-state index contributed by atoms with van der Waals surface area (Å²) in [6.45, 7) is 0.947. The van der Waals surface area contributed by atoms with E-state index in [4.69, 9.17) is 0 Å². The fourth-order valence-electron chi connectivity index (χ4n) is 3.53. The molecule has 104 valence electrons. The maximum Gasteiger partial charge on any atom is 0.223 e. The van der Waals surface area contributed by atoms with Crippen molar-refractivity contribution in [2.45, 2.75) is 56.7 Å². The summed E-state index contributed by atoms with van der Waals surface area (Å²) < 4.78 is 0. The van der Waals surface area contributed by atoms with Crippen molar-refractivity contribution in [3.63, 3.8) is 0 Å². The molecular weight excluding hydrogens is 226 g/mol. The van der Waals surface area contributed by atoms with Gasteiger partial charge in [0.15, 0.2) is 0 Å². The Balaban J connectivity index is 1.90. The van der Waals surface area contributed by atoms with E-state index in [0.29, 0.717) is 24.5 Å². The number of hydrogen-bond acceptors (Lipinski definition) is 3. The largest absolute Gasteiger partial charge is 0.349 e. The van der Waals surface area contributed by atoms with E-state index in [0.717, 1.165) is 6.54 Å². The lowest BCUT2D eigenvalue weighted by Crippen LogP contribution is -2.56. The Morgan fingerprint density at radius 2 is 1.89 bits per heavy atom. The van der Waals surface area contributed by atoms with Gasteiger partial charge in [0.05, 0.1) is 0 Å². The molecule has 4 heteroatoms. The normalized spacial score (nSPS) is 32.3. The first-order valence-electron chi connectivity index (χ1n) is 7.25. The van der Waals surface area contributed by atoms with Gasteiger partial charge < -0.3 is 10.2 Å².